The van der Waals surface area contributed by atoms with Gasteiger partial charge in [0.05, 0.1) is 0 Å². The van der Waals surface area contributed by atoms with Crippen molar-refractivity contribution >= 4 is 0 Å². The van der Waals surface area contributed by atoms with E-state index in [1.54, 1.807) is 0 Å². The number of nitrogens with one attached hydrogen (secondary N) is 1. The Balaban J connectivity index is 2.06. The van der Waals surface area contributed by atoms with Gasteiger partial charge in [-0.25, -0.2) is 0 Å². The van der Waals surface area contributed by atoms with Crippen LogP contribution in [0.3, 0.4) is 0 Å². The molecule has 0 spiro atoms. The molecule has 0 radical (unpaired) electrons. The molecule has 1 saturated carbocycles. The zero-order valence-electron chi connectivity index (χ0n) is 13.8. The van der Waals surface area contributed by atoms with Gasteiger partial charge in [-0.1, -0.05) is 19.0 Å². The van der Waals surface area contributed by atoms with Crippen molar-refractivity contribution in [2.75, 3.05) is 13.7 Å². The zero-order valence-corrected chi connectivity index (χ0v) is 13.8. The molecule has 1 aliphatic rings. The Bertz CT molecular complexity index is 425. The molecule has 1 aromatic heterocycles. The monoisotopic (exact) mass is 295 g/mol. The lowest BCUT2D eigenvalue weighted by atomic mass is 10.0. The largest absolute Gasteiger partial charge is 0.367 e. The van der Waals surface area contributed by atoms with E-state index in [-0.39, 0.29) is 5.60 Å². The number of rotatable bonds is 8. The minimum Gasteiger partial charge on any atom is -0.367 e. The Morgan fingerprint density at radius 1 is 1.33 bits per heavy atom. The van der Waals surface area contributed by atoms with E-state index in [9.17, 15) is 0 Å². The quantitative estimate of drug-likeness (QED) is 0.798. The second-order valence-corrected chi connectivity index (χ2v) is 6.47. The lowest BCUT2D eigenvalue weighted by Crippen LogP contribution is -2.30. The highest BCUT2D eigenvalue weighted by atomic mass is 16.5. The molecule has 0 saturated heterocycles. The second kappa shape index (κ2) is 7.36. The third kappa shape index (κ3) is 4.04. The summed E-state index contributed by atoms with van der Waals surface area (Å²) in [4.78, 5) is 4.64. The van der Waals surface area contributed by atoms with Crippen LogP contribution in [0, 0.1) is 5.92 Å². The third-order valence-electron chi connectivity index (χ3n) is 4.29. The minimum atomic E-state index is -0.302. The zero-order chi connectivity index (χ0) is 15.3. The molecule has 1 unspecified atom stereocenters. The second-order valence-electron chi connectivity index (χ2n) is 6.47. The van der Waals surface area contributed by atoms with Gasteiger partial charge in [0.15, 0.2) is 0 Å². The molecule has 0 aromatic carbocycles. The fourth-order valence-corrected chi connectivity index (χ4v) is 3.26. The molecule has 5 heteroatoms. The minimum absolute atomic E-state index is 0.302. The maximum Gasteiger partial charge on any atom is 0.228 e. The van der Waals surface area contributed by atoms with Gasteiger partial charge in [0.25, 0.3) is 0 Å². The molecule has 1 fully saturated rings. The molecule has 0 bridgehead atoms. The van der Waals surface area contributed by atoms with Crippen LogP contribution in [-0.4, -0.2) is 29.8 Å². The number of hydrogen-bond donors (Lipinski definition) is 1. The van der Waals surface area contributed by atoms with Gasteiger partial charge in [-0.15, -0.1) is 0 Å². The topological polar surface area (TPSA) is 60.2 Å². The van der Waals surface area contributed by atoms with Gasteiger partial charge < -0.3 is 14.6 Å². The van der Waals surface area contributed by atoms with Crippen LogP contribution in [0.1, 0.15) is 64.6 Å². The van der Waals surface area contributed by atoms with Gasteiger partial charge in [0.1, 0.15) is 5.60 Å². The van der Waals surface area contributed by atoms with E-state index >= 15 is 0 Å². The normalized spacial score (nSPS) is 19.3. The van der Waals surface area contributed by atoms with E-state index in [1.165, 1.54) is 12.8 Å². The van der Waals surface area contributed by atoms with Crippen LogP contribution < -0.4 is 5.32 Å². The SMILES string of the molecule is CCOC1(c2noc(CC(CC(C)C)NC)n2)CCCC1. The Kier molecular flexibility index (Phi) is 5.76. The Labute approximate surface area is 127 Å². The number of likely N-dealkylation sites (N-methyl/N-ethyl adjacent to an activating group) is 1. The highest BCUT2D eigenvalue weighted by Crippen LogP contribution is 2.40. The maximum absolute atomic E-state index is 5.99. The van der Waals surface area contributed by atoms with Crippen molar-refractivity contribution < 1.29 is 9.26 Å². The van der Waals surface area contributed by atoms with Crippen molar-refractivity contribution in [3.05, 3.63) is 11.7 Å². The molecular weight excluding hydrogens is 266 g/mol. The highest BCUT2D eigenvalue weighted by Gasteiger charge is 2.40. The number of aromatic nitrogens is 2. The van der Waals surface area contributed by atoms with Gasteiger partial charge in [0, 0.05) is 19.1 Å². The fourth-order valence-electron chi connectivity index (χ4n) is 3.26. The van der Waals surface area contributed by atoms with E-state index in [2.05, 4.69) is 29.3 Å². The Morgan fingerprint density at radius 3 is 2.62 bits per heavy atom. The first-order chi connectivity index (χ1) is 10.1. The first-order valence-corrected chi connectivity index (χ1v) is 8.24. The maximum atomic E-state index is 5.99. The predicted molar refractivity (Wildman–Crippen MR) is 82.1 cm³/mol. The summed E-state index contributed by atoms with van der Waals surface area (Å²) in [6, 6.07) is 0.380. The summed E-state index contributed by atoms with van der Waals surface area (Å²) in [5.41, 5.74) is -0.302. The molecule has 1 aromatic rings. The molecule has 1 atom stereocenters. The van der Waals surface area contributed by atoms with Gasteiger partial charge in [-0.3, -0.25) is 0 Å². The number of hydrogen-bond acceptors (Lipinski definition) is 5. The van der Waals surface area contributed by atoms with Crippen LogP contribution >= 0.6 is 0 Å². The van der Waals surface area contributed by atoms with Crippen molar-refractivity contribution in [3.63, 3.8) is 0 Å². The summed E-state index contributed by atoms with van der Waals surface area (Å²) in [6.45, 7) is 7.18. The van der Waals surface area contributed by atoms with Crippen molar-refractivity contribution in [2.24, 2.45) is 5.92 Å². The van der Waals surface area contributed by atoms with Crippen LogP contribution in [0.5, 0.6) is 0 Å². The van der Waals surface area contributed by atoms with E-state index in [0.717, 1.165) is 37.4 Å². The summed E-state index contributed by atoms with van der Waals surface area (Å²) >= 11 is 0. The summed E-state index contributed by atoms with van der Waals surface area (Å²) in [6.07, 6.45) is 6.24. The van der Waals surface area contributed by atoms with Crippen LogP contribution in [0.25, 0.3) is 0 Å². The van der Waals surface area contributed by atoms with E-state index < -0.39 is 0 Å². The van der Waals surface area contributed by atoms with Crippen LogP contribution in [0.2, 0.25) is 0 Å². The van der Waals surface area contributed by atoms with Crippen LogP contribution in [0.15, 0.2) is 4.52 Å². The van der Waals surface area contributed by atoms with Crippen LogP contribution in [0.4, 0.5) is 0 Å². The van der Waals surface area contributed by atoms with Gasteiger partial charge in [0.2, 0.25) is 11.7 Å². The predicted octanol–water partition coefficient (Wildman–Crippen LogP) is 3.05. The Morgan fingerprint density at radius 2 is 2.05 bits per heavy atom. The average molecular weight is 295 g/mol. The van der Waals surface area contributed by atoms with Crippen molar-refractivity contribution in [3.8, 4) is 0 Å². The van der Waals surface area contributed by atoms with Crippen molar-refractivity contribution in [1.82, 2.24) is 15.5 Å². The number of ether oxygens (including phenoxy) is 1. The number of nitrogens with zero attached hydrogens (tertiary/aromatic N) is 2. The molecule has 0 amide bonds. The highest BCUT2D eigenvalue weighted by molar-refractivity contribution is 5.05. The summed E-state index contributed by atoms with van der Waals surface area (Å²) in [5.74, 6) is 2.11. The van der Waals surface area contributed by atoms with E-state index in [1.807, 2.05) is 14.0 Å². The molecule has 120 valence electrons. The summed E-state index contributed by atoms with van der Waals surface area (Å²) in [7, 11) is 1.99. The standard InChI is InChI=1S/C16H29N3O2/c1-5-20-16(8-6-7-9-16)15-18-14(21-19-15)11-13(17-4)10-12(2)3/h12-13,17H,5-11H2,1-4H3. The molecule has 0 aliphatic heterocycles. The molecule has 5 nitrogen and oxygen atoms in total. The average Bonchev–Trinajstić information content (AvgIpc) is 3.08. The summed E-state index contributed by atoms with van der Waals surface area (Å²) in [5, 5.41) is 7.55. The Hall–Kier alpha value is -0.940. The summed E-state index contributed by atoms with van der Waals surface area (Å²) < 4.78 is 11.5. The molecule has 1 heterocycles. The van der Waals surface area contributed by atoms with Crippen LogP contribution in [-0.2, 0) is 16.8 Å². The fraction of sp³-hybridized carbons (Fsp3) is 0.875. The lowest BCUT2D eigenvalue weighted by Gasteiger charge is -2.24. The van der Waals surface area contributed by atoms with Gasteiger partial charge in [-0.05, 0) is 52.0 Å². The van der Waals surface area contributed by atoms with Gasteiger partial charge >= 0.3 is 0 Å². The molecule has 21 heavy (non-hydrogen) atoms. The first-order valence-electron chi connectivity index (χ1n) is 8.24. The first kappa shape index (κ1) is 16.4. The third-order valence-corrected chi connectivity index (χ3v) is 4.29. The van der Waals surface area contributed by atoms with Crippen molar-refractivity contribution in [1.29, 1.82) is 0 Å². The van der Waals surface area contributed by atoms with E-state index in [4.69, 9.17) is 9.26 Å². The molecule has 1 aliphatic carbocycles. The molecule has 2 rings (SSSR count). The smallest absolute Gasteiger partial charge is 0.228 e. The molecular formula is C16H29N3O2. The van der Waals surface area contributed by atoms with Crippen molar-refractivity contribution in [2.45, 2.75) is 70.9 Å². The van der Waals surface area contributed by atoms with Gasteiger partial charge in [-0.2, -0.15) is 4.98 Å². The molecule has 1 N–H and O–H groups in total. The van der Waals surface area contributed by atoms with E-state index in [0.29, 0.717) is 18.6 Å². The lowest BCUT2D eigenvalue weighted by molar-refractivity contribution is -0.0469.